The van der Waals surface area contributed by atoms with Crippen LogP contribution in [0.2, 0.25) is 5.02 Å². The van der Waals surface area contributed by atoms with E-state index in [0.717, 1.165) is 11.3 Å². The first-order valence-corrected chi connectivity index (χ1v) is 5.94. The highest BCUT2D eigenvalue weighted by Crippen LogP contribution is 2.38. The van der Waals surface area contributed by atoms with Crippen molar-refractivity contribution < 1.29 is 4.39 Å². The van der Waals surface area contributed by atoms with E-state index in [2.05, 4.69) is 10.3 Å². The van der Waals surface area contributed by atoms with E-state index in [1.807, 2.05) is 6.20 Å². The Morgan fingerprint density at radius 1 is 1.41 bits per heavy atom. The van der Waals surface area contributed by atoms with Gasteiger partial charge in [0.15, 0.2) is 0 Å². The average molecular weight is 252 g/mol. The van der Waals surface area contributed by atoms with E-state index < -0.39 is 0 Å². The molecule has 1 aliphatic carbocycles. The van der Waals surface area contributed by atoms with Crippen molar-refractivity contribution in [1.82, 2.24) is 15.0 Å². The van der Waals surface area contributed by atoms with Gasteiger partial charge in [0.05, 0.1) is 12.2 Å². The van der Waals surface area contributed by atoms with E-state index >= 15 is 0 Å². The molecule has 17 heavy (non-hydrogen) atoms. The summed E-state index contributed by atoms with van der Waals surface area (Å²) in [4.78, 5) is 0. The second-order valence-corrected chi connectivity index (χ2v) is 4.76. The molecule has 5 heteroatoms. The average Bonchev–Trinajstić information content (AvgIpc) is 3.04. The second kappa shape index (κ2) is 4.11. The monoisotopic (exact) mass is 251 g/mol. The van der Waals surface area contributed by atoms with Crippen molar-refractivity contribution in [2.75, 3.05) is 0 Å². The van der Waals surface area contributed by atoms with E-state index in [4.69, 9.17) is 11.6 Å². The fraction of sp³-hybridized carbons (Fsp3) is 0.333. The zero-order chi connectivity index (χ0) is 11.8. The standard InChI is InChI=1S/C12H11ClFN3/c13-11-5-10(14)4-3-9(11)6-17-7-12(15-16-17)8-1-2-8/h3-5,7-8H,1-2,6H2. The van der Waals surface area contributed by atoms with Gasteiger partial charge in [0.2, 0.25) is 0 Å². The molecule has 0 bridgehead atoms. The topological polar surface area (TPSA) is 30.7 Å². The van der Waals surface area contributed by atoms with Gasteiger partial charge in [-0.25, -0.2) is 9.07 Å². The van der Waals surface area contributed by atoms with Crippen molar-refractivity contribution >= 4 is 11.6 Å². The molecule has 0 spiro atoms. The third-order valence-electron chi connectivity index (χ3n) is 2.90. The van der Waals surface area contributed by atoms with Crippen molar-refractivity contribution in [1.29, 1.82) is 0 Å². The van der Waals surface area contributed by atoms with Gasteiger partial charge in [-0.3, -0.25) is 0 Å². The Morgan fingerprint density at radius 3 is 2.94 bits per heavy atom. The molecule has 1 aromatic heterocycles. The molecule has 0 unspecified atom stereocenters. The van der Waals surface area contributed by atoms with Gasteiger partial charge in [-0.05, 0) is 30.5 Å². The summed E-state index contributed by atoms with van der Waals surface area (Å²) < 4.78 is 14.6. The lowest BCUT2D eigenvalue weighted by Crippen LogP contribution is -2.01. The molecule has 1 saturated carbocycles. The first-order valence-electron chi connectivity index (χ1n) is 5.56. The van der Waals surface area contributed by atoms with E-state index in [-0.39, 0.29) is 5.82 Å². The molecule has 0 saturated heterocycles. The van der Waals surface area contributed by atoms with Crippen LogP contribution in [0.15, 0.2) is 24.4 Å². The Morgan fingerprint density at radius 2 is 2.24 bits per heavy atom. The van der Waals surface area contributed by atoms with Crippen LogP contribution in [0.5, 0.6) is 0 Å². The molecule has 0 N–H and O–H groups in total. The maximum absolute atomic E-state index is 12.9. The first-order chi connectivity index (χ1) is 8.22. The van der Waals surface area contributed by atoms with Crippen molar-refractivity contribution in [3.63, 3.8) is 0 Å². The summed E-state index contributed by atoms with van der Waals surface area (Å²) in [6, 6.07) is 4.39. The van der Waals surface area contributed by atoms with Crippen molar-refractivity contribution in [2.24, 2.45) is 0 Å². The minimum Gasteiger partial charge on any atom is -0.248 e. The third kappa shape index (κ3) is 2.31. The third-order valence-corrected chi connectivity index (χ3v) is 3.25. The Kier molecular flexibility index (Phi) is 2.59. The summed E-state index contributed by atoms with van der Waals surface area (Å²) in [5, 5.41) is 8.59. The van der Waals surface area contributed by atoms with E-state index in [1.54, 1.807) is 10.7 Å². The maximum Gasteiger partial charge on any atom is 0.124 e. The predicted octanol–water partition coefficient (Wildman–Crippen LogP) is 3.00. The van der Waals surface area contributed by atoms with Crippen LogP contribution in [-0.4, -0.2) is 15.0 Å². The fourth-order valence-corrected chi connectivity index (χ4v) is 2.01. The number of rotatable bonds is 3. The highest BCUT2D eigenvalue weighted by Gasteiger charge is 2.26. The number of hydrogen-bond donors (Lipinski definition) is 0. The van der Waals surface area contributed by atoms with Crippen LogP contribution >= 0.6 is 11.6 Å². The smallest absolute Gasteiger partial charge is 0.124 e. The van der Waals surface area contributed by atoms with Crippen LogP contribution in [0.25, 0.3) is 0 Å². The van der Waals surface area contributed by atoms with Gasteiger partial charge in [0.1, 0.15) is 5.82 Å². The quantitative estimate of drug-likeness (QED) is 0.840. The van der Waals surface area contributed by atoms with Crippen molar-refractivity contribution in [2.45, 2.75) is 25.3 Å². The number of benzene rings is 1. The summed E-state index contributed by atoms with van der Waals surface area (Å²) >= 11 is 5.96. The highest BCUT2D eigenvalue weighted by molar-refractivity contribution is 6.31. The zero-order valence-electron chi connectivity index (χ0n) is 9.11. The van der Waals surface area contributed by atoms with Crippen LogP contribution in [0.4, 0.5) is 4.39 Å². The predicted molar refractivity (Wildman–Crippen MR) is 62.5 cm³/mol. The highest BCUT2D eigenvalue weighted by atomic mass is 35.5. The minimum absolute atomic E-state index is 0.323. The molecule has 0 amide bonds. The normalized spacial score (nSPS) is 15.2. The molecular weight excluding hydrogens is 241 g/mol. The molecule has 0 aliphatic heterocycles. The van der Waals surface area contributed by atoms with Crippen LogP contribution in [0, 0.1) is 5.82 Å². The van der Waals surface area contributed by atoms with Gasteiger partial charge in [-0.2, -0.15) is 0 Å². The van der Waals surface area contributed by atoms with E-state index in [0.29, 0.717) is 17.5 Å². The fourth-order valence-electron chi connectivity index (χ4n) is 1.78. The van der Waals surface area contributed by atoms with Gasteiger partial charge < -0.3 is 0 Å². The molecule has 1 fully saturated rings. The summed E-state index contributed by atoms with van der Waals surface area (Å²) in [5.41, 5.74) is 1.89. The van der Waals surface area contributed by atoms with Gasteiger partial charge in [0, 0.05) is 17.1 Å². The number of halogens is 2. The first kappa shape index (κ1) is 10.7. The molecular formula is C12H11ClFN3. The van der Waals surface area contributed by atoms with Gasteiger partial charge in [-0.15, -0.1) is 5.10 Å². The molecule has 3 nitrogen and oxygen atoms in total. The van der Waals surface area contributed by atoms with E-state index in [9.17, 15) is 4.39 Å². The minimum atomic E-state index is -0.323. The second-order valence-electron chi connectivity index (χ2n) is 4.35. The summed E-state index contributed by atoms with van der Waals surface area (Å²) in [6.07, 6.45) is 4.35. The summed E-state index contributed by atoms with van der Waals surface area (Å²) in [5.74, 6) is 0.267. The summed E-state index contributed by atoms with van der Waals surface area (Å²) in [7, 11) is 0. The molecule has 2 aromatic rings. The van der Waals surface area contributed by atoms with Crippen molar-refractivity contribution in [3.8, 4) is 0 Å². The Labute approximate surface area is 103 Å². The SMILES string of the molecule is Fc1ccc(Cn2cc(C3CC3)nn2)c(Cl)c1. The maximum atomic E-state index is 12.9. The Hall–Kier alpha value is -1.42. The number of aromatic nitrogens is 3. The number of hydrogen-bond acceptors (Lipinski definition) is 2. The lowest BCUT2D eigenvalue weighted by molar-refractivity contribution is 0.621. The van der Waals surface area contributed by atoms with Gasteiger partial charge >= 0.3 is 0 Å². The summed E-state index contributed by atoms with van der Waals surface area (Å²) in [6.45, 7) is 0.527. The lowest BCUT2D eigenvalue weighted by atomic mass is 10.2. The van der Waals surface area contributed by atoms with Crippen LogP contribution < -0.4 is 0 Å². The van der Waals surface area contributed by atoms with Crippen LogP contribution in [-0.2, 0) is 6.54 Å². The largest absolute Gasteiger partial charge is 0.248 e. The molecule has 0 radical (unpaired) electrons. The van der Waals surface area contributed by atoms with Crippen LogP contribution in [0.3, 0.4) is 0 Å². The molecule has 0 atom stereocenters. The number of nitrogens with zero attached hydrogens (tertiary/aromatic N) is 3. The van der Waals surface area contributed by atoms with Crippen LogP contribution in [0.1, 0.15) is 30.0 Å². The molecule has 1 aromatic carbocycles. The molecule has 3 rings (SSSR count). The van der Waals surface area contributed by atoms with E-state index in [1.165, 1.54) is 25.0 Å². The van der Waals surface area contributed by atoms with Gasteiger partial charge in [0.25, 0.3) is 0 Å². The van der Waals surface area contributed by atoms with Gasteiger partial charge in [-0.1, -0.05) is 22.9 Å². The molecule has 88 valence electrons. The Bertz CT molecular complexity index is 548. The molecule has 1 aliphatic rings. The Balaban J connectivity index is 1.80. The zero-order valence-corrected chi connectivity index (χ0v) is 9.86. The molecule has 1 heterocycles. The van der Waals surface area contributed by atoms with Crippen molar-refractivity contribution in [3.05, 3.63) is 46.5 Å². The lowest BCUT2D eigenvalue weighted by Gasteiger charge is -2.03.